The summed E-state index contributed by atoms with van der Waals surface area (Å²) in [5.74, 6) is 1.34. The number of ether oxygens (including phenoxy) is 1. The summed E-state index contributed by atoms with van der Waals surface area (Å²) in [5.41, 5.74) is 7.34. The molecule has 17 heavy (non-hydrogen) atoms. The number of nitrogen functional groups attached to an aromatic ring is 1. The van der Waals surface area contributed by atoms with Gasteiger partial charge < -0.3 is 10.5 Å². The number of aromatic nitrogens is 4. The molecule has 6 nitrogen and oxygen atoms in total. The fraction of sp³-hybridized carbons (Fsp3) is 0.364. The Morgan fingerprint density at radius 2 is 2.18 bits per heavy atom. The molecule has 0 atom stereocenters. The number of hydrogen-bond donors (Lipinski definition) is 1. The summed E-state index contributed by atoms with van der Waals surface area (Å²) >= 11 is 0. The molecule has 2 aromatic rings. The quantitative estimate of drug-likeness (QED) is 0.806. The van der Waals surface area contributed by atoms with Gasteiger partial charge in [-0.05, 0) is 36.4 Å². The van der Waals surface area contributed by atoms with Crippen molar-refractivity contribution in [2.75, 3.05) is 12.3 Å². The summed E-state index contributed by atoms with van der Waals surface area (Å²) in [5, 5.41) is 11.6. The predicted molar refractivity (Wildman–Crippen MR) is 64.5 cm³/mol. The molecule has 0 saturated carbocycles. The highest BCUT2D eigenvalue weighted by atomic mass is 16.5. The summed E-state index contributed by atoms with van der Waals surface area (Å²) in [7, 11) is 0. The molecule has 1 aromatic carbocycles. The second kappa shape index (κ2) is 4.82. The van der Waals surface area contributed by atoms with Gasteiger partial charge in [0, 0.05) is 12.2 Å². The third-order valence-electron chi connectivity index (χ3n) is 2.41. The molecule has 0 amide bonds. The Hall–Kier alpha value is -2.11. The number of benzene rings is 1. The first-order valence-electron chi connectivity index (χ1n) is 5.55. The average molecular weight is 233 g/mol. The fourth-order valence-electron chi connectivity index (χ4n) is 1.66. The monoisotopic (exact) mass is 233 g/mol. The first kappa shape index (κ1) is 11.4. The maximum absolute atomic E-state index is 5.98. The summed E-state index contributed by atoms with van der Waals surface area (Å²) < 4.78 is 7.24. The summed E-state index contributed by atoms with van der Waals surface area (Å²) in [6, 6.07) is 5.53. The lowest BCUT2D eigenvalue weighted by molar-refractivity contribution is 0.341. The van der Waals surface area contributed by atoms with Crippen LogP contribution in [0.15, 0.2) is 18.2 Å². The number of nitrogens with zero attached hydrogens (tertiary/aromatic N) is 4. The van der Waals surface area contributed by atoms with Crippen LogP contribution in [-0.2, 0) is 6.54 Å². The summed E-state index contributed by atoms with van der Waals surface area (Å²) in [4.78, 5) is 0. The van der Waals surface area contributed by atoms with Crippen LogP contribution in [0.1, 0.15) is 13.8 Å². The van der Waals surface area contributed by atoms with Crippen LogP contribution >= 0.6 is 0 Å². The van der Waals surface area contributed by atoms with E-state index in [1.54, 1.807) is 4.68 Å². The molecule has 0 spiro atoms. The molecule has 1 aromatic heterocycles. The molecule has 6 heteroatoms. The molecule has 0 aliphatic rings. The van der Waals surface area contributed by atoms with E-state index in [2.05, 4.69) is 15.5 Å². The Balaban J connectivity index is 2.57. The first-order valence-corrected chi connectivity index (χ1v) is 5.55. The lowest BCUT2D eigenvalue weighted by Crippen LogP contribution is -2.04. The highest BCUT2D eigenvalue weighted by Gasteiger charge is 2.16. The largest absolute Gasteiger partial charge is 0.493 e. The van der Waals surface area contributed by atoms with E-state index in [1.165, 1.54) is 0 Å². The van der Waals surface area contributed by atoms with Crippen molar-refractivity contribution in [2.45, 2.75) is 20.4 Å². The Labute approximate surface area is 99.4 Å². The molecule has 0 fully saturated rings. The van der Waals surface area contributed by atoms with Crippen molar-refractivity contribution in [2.24, 2.45) is 0 Å². The Morgan fingerprint density at radius 1 is 1.35 bits per heavy atom. The molecular formula is C11H15N5O. The van der Waals surface area contributed by atoms with E-state index in [9.17, 15) is 0 Å². The molecule has 0 saturated heterocycles. The van der Waals surface area contributed by atoms with Crippen LogP contribution in [0.5, 0.6) is 5.75 Å². The minimum Gasteiger partial charge on any atom is -0.493 e. The highest BCUT2D eigenvalue weighted by Crippen LogP contribution is 2.33. The number of hydrogen-bond acceptors (Lipinski definition) is 5. The zero-order chi connectivity index (χ0) is 12.3. The zero-order valence-corrected chi connectivity index (χ0v) is 9.92. The molecule has 0 bridgehead atoms. The molecule has 0 radical (unpaired) electrons. The normalized spacial score (nSPS) is 10.5. The number of rotatable bonds is 4. The molecule has 90 valence electrons. The number of anilines is 1. The van der Waals surface area contributed by atoms with Gasteiger partial charge in [-0.3, -0.25) is 0 Å². The van der Waals surface area contributed by atoms with Gasteiger partial charge in [0.05, 0.1) is 12.2 Å². The van der Waals surface area contributed by atoms with E-state index in [0.29, 0.717) is 30.4 Å². The minimum absolute atomic E-state index is 0.574. The van der Waals surface area contributed by atoms with E-state index in [1.807, 2.05) is 32.0 Å². The van der Waals surface area contributed by atoms with Gasteiger partial charge in [0.15, 0.2) is 5.82 Å². The molecule has 2 rings (SSSR count). The van der Waals surface area contributed by atoms with Crippen molar-refractivity contribution in [3.8, 4) is 17.1 Å². The summed E-state index contributed by atoms with van der Waals surface area (Å²) in [6.45, 7) is 5.15. The Bertz CT molecular complexity index is 508. The van der Waals surface area contributed by atoms with E-state index < -0.39 is 0 Å². The predicted octanol–water partition coefficient (Wildman–Crippen LogP) is 1.34. The van der Waals surface area contributed by atoms with Gasteiger partial charge in [-0.2, -0.15) is 0 Å². The van der Waals surface area contributed by atoms with E-state index >= 15 is 0 Å². The molecule has 0 aliphatic carbocycles. The van der Waals surface area contributed by atoms with Crippen LogP contribution in [-0.4, -0.2) is 26.8 Å². The standard InChI is InChI=1S/C11H15N5O/c1-3-16-11(13-14-15-16)10-8(12)6-5-7-9(10)17-4-2/h5-7H,3-4,12H2,1-2H3. The van der Waals surface area contributed by atoms with Crippen LogP contribution in [0.4, 0.5) is 5.69 Å². The van der Waals surface area contributed by atoms with E-state index in [0.717, 1.165) is 5.56 Å². The second-order valence-electron chi connectivity index (χ2n) is 3.47. The minimum atomic E-state index is 0.574. The van der Waals surface area contributed by atoms with Gasteiger partial charge in [-0.15, -0.1) is 5.10 Å². The van der Waals surface area contributed by atoms with Crippen molar-refractivity contribution in [1.82, 2.24) is 20.2 Å². The maximum Gasteiger partial charge on any atom is 0.187 e. The number of aryl methyl sites for hydroxylation is 1. The first-order chi connectivity index (χ1) is 8.27. The Kier molecular flexibility index (Phi) is 3.22. The third-order valence-corrected chi connectivity index (χ3v) is 2.41. The van der Waals surface area contributed by atoms with Crippen molar-refractivity contribution in [3.05, 3.63) is 18.2 Å². The van der Waals surface area contributed by atoms with Gasteiger partial charge in [0.1, 0.15) is 5.75 Å². The lowest BCUT2D eigenvalue weighted by atomic mass is 10.1. The molecule has 0 aliphatic heterocycles. The van der Waals surface area contributed by atoms with Crippen LogP contribution < -0.4 is 10.5 Å². The number of nitrogens with two attached hydrogens (primary N) is 1. The number of tetrazole rings is 1. The van der Waals surface area contributed by atoms with E-state index in [4.69, 9.17) is 10.5 Å². The zero-order valence-electron chi connectivity index (χ0n) is 9.92. The van der Waals surface area contributed by atoms with Crippen LogP contribution in [0, 0.1) is 0 Å². The fourth-order valence-corrected chi connectivity index (χ4v) is 1.66. The topological polar surface area (TPSA) is 78.8 Å². The molecule has 1 heterocycles. The van der Waals surface area contributed by atoms with Crippen molar-refractivity contribution < 1.29 is 4.74 Å². The Morgan fingerprint density at radius 3 is 2.88 bits per heavy atom. The van der Waals surface area contributed by atoms with Gasteiger partial charge >= 0.3 is 0 Å². The second-order valence-corrected chi connectivity index (χ2v) is 3.47. The molecular weight excluding hydrogens is 218 g/mol. The SMILES string of the molecule is CCOc1cccc(N)c1-c1nnnn1CC. The van der Waals surface area contributed by atoms with Crippen LogP contribution in [0.2, 0.25) is 0 Å². The van der Waals surface area contributed by atoms with Gasteiger partial charge in [-0.1, -0.05) is 6.07 Å². The third kappa shape index (κ3) is 2.06. The highest BCUT2D eigenvalue weighted by molar-refractivity contribution is 5.77. The van der Waals surface area contributed by atoms with E-state index in [-0.39, 0.29) is 0 Å². The van der Waals surface area contributed by atoms with Crippen molar-refractivity contribution in [1.29, 1.82) is 0 Å². The molecule has 2 N–H and O–H groups in total. The smallest absolute Gasteiger partial charge is 0.187 e. The van der Waals surface area contributed by atoms with Gasteiger partial charge in [0.25, 0.3) is 0 Å². The molecule has 0 unspecified atom stereocenters. The van der Waals surface area contributed by atoms with Crippen molar-refractivity contribution >= 4 is 5.69 Å². The van der Waals surface area contributed by atoms with Gasteiger partial charge in [0.2, 0.25) is 0 Å². The van der Waals surface area contributed by atoms with Crippen LogP contribution in [0.25, 0.3) is 11.4 Å². The average Bonchev–Trinajstić information content (AvgIpc) is 2.77. The summed E-state index contributed by atoms with van der Waals surface area (Å²) in [6.07, 6.45) is 0. The maximum atomic E-state index is 5.98. The van der Waals surface area contributed by atoms with Crippen molar-refractivity contribution in [3.63, 3.8) is 0 Å². The lowest BCUT2D eigenvalue weighted by Gasteiger charge is -2.11. The van der Waals surface area contributed by atoms with Gasteiger partial charge in [-0.25, -0.2) is 4.68 Å². The van der Waals surface area contributed by atoms with Crippen LogP contribution in [0.3, 0.4) is 0 Å².